The second-order valence-corrected chi connectivity index (χ2v) is 5.97. The number of ether oxygens (including phenoxy) is 1. The largest absolute Gasteiger partial charge is 0.496 e. The lowest BCUT2D eigenvalue weighted by atomic mass is 9.86. The molecule has 0 radical (unpaired) electrons. The number of carboxylic acid groups (broad SMARTS) is 1. The normalized spacial score (nSPS) is 22.3. The fraction of sp³-hybridized carbons (Fsp3) is 0.500. The summed E-state index contributed by atoms with van der Waals surface area (Å²) in [4.78, 5) is 12.9. The molecule has 1 saturated heterocycles. The van der Waals surface area contributed by atoms with Crippen molar-refractivity contribution < 1.29 is 14.6 Å². The Labute approximate surface area is 132 Å². The maximum absolute atomic E-state index is 10.5. The highest BCUT2D eigenvalue weighted by molar-refractivity contribution is 5.66. The van der Waals surface area contributed by atoms with E-state index in [-0.39, 0.29) is 6.42 Å². The number of likely N-dealkylation sites (tertiary alicyclic amines) is 1. The quantitative estimate of drug-likeness (QED) is 0.786. The molecule has 2 rings (SSSR count). The van der Waals surface area contributed by atoms with Crippen molar-refractivity contribution in [3.05, 3.63) is 42.0 Å². The van der Waals surface area contributed by atoms with Crippen molar-refractivity contribution in [2.24, 2.45) is 5.92 Å². The smallest absolute Gasteiger partial charge is 0.303 e. The first-order chi connectivity index (χ1) is 10.6. The molecule has 1 aliphatic heterocycles. The van der Waals surface area contributed by atoms with E-state index in [1.54, 1.807) is 7.11 Å². The highest BCUT2D eigenvalue weighted by Gasteiger charge is 2.32. The maximum atomic E-state index is 10.5. The van der Waals surface area contributed by atoms with E-state index in [2.05, 4.69) is 30.2 Å². The molecule has 1 N–H and O–H groups in total. The van der Waals surface area contributed by atoms with E-state index in [9.17, 15) is 4.79 Å². The number of hydrogen-bond donors (Lipinski definition) is 1. The van der Waals surface area contributed by atoms with Gasteiger partial charge in [0.15, 0.2) is 0 Å². The Kier molecular flexibility index (Phi) is 6.01. The van der Waals surface area contributed by atoms with Crippen molar-refractivity contribution in [3.63, 3.8) is 0 Å². The molecule has 4 nitrogen and oxygen atoms in total. The molecule has 120 valence electrons. The summed E-state index contributed by atoms with van der Waals surface area (Å²) in [7, 11) is 3.87. The summed E-state index contributed by atoms with van der Waals surface area (Å²) >= 11 is 0. The molecule has 0 bridgehead atoms. The van der Waals surface area contributed by atoms with Crippen LogP contribution in [-0.2, 0) is 4.79 Å². The van der Waals surface area contributed by atoms with Crippen LogP contribution in [0.25, 0.3) is 0 Å². The topological polar surface area (TPSA) is 49.8 Å². The lowest BCUT2D eigenvalue weighted by Crippen LogP contribution is -2.13. The fourth-order valence-corrected chi connectivity index (χ4v) is 3.25. The van der Waals surface area contributed by atoms with Gasteiger partial charge in [0, 0.05) is 25.4 Å². The third kappa shape index (κ3) is 4.34. The number of nitrogens with zero attached hydrogens (tertiary/aromatic N) is 1. The number of allylic oxidation sites excluding steroid dienone is 2. The van der Waals surface area contributed by atoms with Crippen LogP contribution in [0.1, 0.15) is 30.7 Å². The molecule has 0 aliphatic carbocycles. The lowest BCUT2D eigenvalue weighted by molar-refractivity contribution is -0.136. The molecule has 1 fully saturated rings. The maximum Gasteiger partial charge on any atom is 0.303 e. The highest BCUT2D eigenvalue weighted by atomic mass is 16.5. The van der Waals surface area contributed by atoms with Crippen LogP contribution in [0.4, 0.5) is 0 Å². The van der Waals surface area contributed by atoms with E-state index in [0.717, 1.165) is 25.3 Å². The summed E-state index contributed by atoms with van der Waals surface area (Å²) in [5.41, 5.74) is 1.28. The van der Waals surface area contributed by atoms with E-state index in [1.165, 1.54) is 5.56 Å². The zero-order chi connectivity index (χ0) is 15.9. The molecule has 1 aromatic rings. The van der Waals surface area contributed by atoms with Gasteiger partial charge < -0.3 is 14.7 Å². The number of carboxylic acids is 1. The number of aliphatic carboxylic acids is 1. The van der Waals surface area contributed by atoms with E-state index < -0.39 is 5.97 Å². The summed E-state index contributed by atoms with van der Waals surface area (Å²) in [6.45, 7) is 2.10. The number of rotatable bonds is 7. The van der Waals surface area contributed by atoms with Crippen LogP contribution in [0.3, 0.4) is 0 Å². The lowest BCUT2D eigenvalue weighted by Gasteiger charge is -2.20. The molecule has 0 spiro atoms. The van der Waals surface area contributed by atoms with Crippen molar-refractivity contribution in [2.75, 3.05) is 27.2 Å². The molecule has 22 heavy (non-hydrogen) atoms. The van der Waals surface area contributed by atoms with Gasteiger partial charge in [0.25, 0.3) is 0 Å². The van der Waals surface area contributed by atoms with Crippen molar-refractivity contribution in [3.8, 4) is 5.75 Å². The van der Waals surface area contributed by atoms with E-state index in [0.29, 0.717) is 18.3 Å². The second kappa shape index (κ2) is 7.99. The minimum absolute atomic E-state index is 0.205. The molecular formula is C18H25NO3. The average Bonchev–Trinajstić information content (AvgIpc) is 2.87. The van der Waals surface area contributed by atoms with Crippen LogP contribution in [0.5, 0.6) is 5.75 Å². The first-order valence-corrected chi connectivity index (χ1v) is 7.80. The number of methoxy groups -OCH3 is 1. The van der Waals surface area contributed by atoms with Gasteiger partial charge in [0.1, 0.15) is 5.75 Å². The molecule has 0 amide bonds. The molecule has 4 heteroatoms. The van der Waals surface area contributed by atoms with Crippen LogP contribution >= 0.6 is 0 Å². The molecule has 1 aromatic carbocycles. The Balaban J connectivity index is 2.01. The molecule has 1 aliphatic rings. The van der Waals surface area contributed by atoms with Gasteiger partial charge in [-0.2, -0.15) is 0 Å². The van der Waals surface area contributed by atoms with Gasteiger partial charge in [0.05, 0.1) is 7.11 Å². The Bertz CT molecular complexity index is 527. The Hall–Kier alpha value is -1.81. The standard InChI is InChI=1S/C18H25NO3/c1-19-12-14(8-4-3-5-11-18(20)21)16(13-19)15-9-6-7-10-17(15)22-2/h3-4,6-7,9-10,14,16H,5,8,11-13H2,1-2H3,(H,20,21)/b4-3-. The molecule has 2 atom stereocenters. The predicted octanol–water partition coefficient (Wildman–Crippen LogP) is 3.15. The summed E-state index contributed by atoms with van der Waals surface area (Å²) in [6, 6.07) is 8.24. The zero-order valence-electron chi connectivity index (χ0n) is 13.4. The number of carbonyl (C=O) groups is 1. The van der Waals surface area contributed by atoms with Crippen LogP contribution < -0.4 is 4.74 Å². The molecule has 1 heterocycles. The highest BCUT2D eigenvalue weighted by Crippen LogP contribution is 2.38. The average molecular weight is 303 g/mol. The van der Waals surface area contributed by atoms with Gasteiger partial charge >= 0.3 is 5.97 Å². The van der Waals surface area contributed by atoms with Gasteiger partial charge in [-0.1, -0.05) is 30.4 Å². The van der Waals surface area contributed by atoms with Crippen LogP contribution in [0.15, 0.2) is 36.4 Å². The monoisotopic (exact) mass is 303 g/mol. The van der Waals surface area contributed by atoms with Gasteiger partial charge in [-0.15, -0.1) is 0 Å². The van der Waals surface area contributed by atoms with Crippen LogP contribution in [-0.4, -0.2) is 43.2 Å². The molecule has 2 unspecified atom stereocenters. The minimum Gasteiger partial charge on any atom is -0.496 e. The van der Waals surface area contributed by atoms with E-state index >= 15 is 0 Å². The predicted molar refractivity (Wildman–Crippen MR) is 87.3 cm³/mol. The fourth-order valence-electron chi connectivity index (χ4n) is 3.25. The van der Waals surface area contributed by atoms with Crippen molar-refractivity contribution in [1.29, 1.82) is 0 Å². The third-order valence-corrected chi connectivity index (χ3v) is 4.29. The second-order valence-electron chi connectivity index (χ2n) is 5.97. The van der Waals surface area contributed by atoms with Gasteiger partial charge in [-0.25, -0.2) is 0 Å². The SMILES string of the molecule is COc1ccccc1C1CN(C)CC1C/C=C\CCC(=O)O. The first-order valence-electron chi connectivity index (χ1n) is 7.80. The number of hydrogen-bond acceptors (Lipinski definition) is 3. The Morgan fingerprint density at radius 3 is 2.86 bits per heavy atom. The van der Waals surface area contributed by atoms with Crippen molar-refractivity contribution in [1.82, 2.24) is 4.90 Å². The van der Waals surface area contributed by atoms with Gasteiger partial charge in [0.2, 0.25) is 0 Å². The summed E-state index contributed by atoms with van der Waals surface area (Å²) in [6.07, 6.45) is 5.92. The summed E-state index contributed by atoms with van der Waals surface area (Å²) in [5.74, 6) is 1.23. The Morgan fingerprint density at radius 1 is 1.36 bits per heavy atom. The first kappa shape index (κ1) is 16.6. The Morgan fingerprint density at radius 2 is 2.14 bits per heavy atom. The van der Waals surface area contributed by atoms with Crippen molar-refractivity contribution in [2.45, 2.75) is 25.2 Å². The van der Waals surface area contributed by atoms with Crippen LogP contribution in [0.2, 0.25) is 0 Å². The minimum atomic E-state index is -0.739. The summed E-state index contributed by atoms with van der Waals surface area (Å²) < 4.78 is 5.51. The zero-order valence-corrected chi connectivity index (χ0v) is 13.4. The molecular weight excluding hydrogens is 278 g/mol. The molecule has 0 saturated carbocycles. The number of para-hydroxylation sites is 1. The van der Waals surface area contributed by atoms with Crippen LogP contribution in [0, 0.1) is 5.92 Å². The third-order valence-electron chi connectivity index (χ3n) is 4.29. The van der Waals surface area contributed by atoms with Gasteiger partial charge in [-0.05, 0) is 37.4 Å². The number of benzene rings is 1. The van der Waals surface area contributed by atoms with E-state index in [1.807, 2.05) is 18.2 Å². The number of likely N-dealkylation sites (N-methyl/N-ethyl adjacent to an activating group) is 1. The summed E-state index contributed by atoms with van der Waals surface area (Å²) in [5, 5.41) is 8.65. The van der Waals surface area contributed by atoms with Gasteiger partial charge in [-0.3, -0.25) is 4.79 Å². The van der Waals surface area contributed by atoms with E-state index in [4.69, 9.17) is 9.84 Å². The molecule has 0 aromatic heterocycles. The van der Waals surface area contributed by atoms with Crippen molar-refractivity contribution >= 4 is 5.97 Å².